The predicted molar refractivity (Wildman–Crippen MR) is 169 cm³/mol. The van der Waals surface area contributed by atoms with Crippen molar-refractivity contribution >= 4 is 40.5 Å². The summed E-state index contributed by atoms with van der Waals surface area (Å²) >= 11 is 0. The molecule has 3 atom stereocenters. The van der Waals surface area contributed by atoms with Gasteiger partial charge in [0.1, 0.15) is 18.4 Å². The number of halogens is 3. The molecule has 0 bridgehead atoms. The van der Waals surface area contributed by atoms with E-state index >= 15 is 0 Å². The predicted octanol–water partition coefficient (Wildman–Crippen LogP) is 5.18. The third kappa shape index (κ3) is 6.23. The summed E-state index contributed by atoms with van der Waals surface area (Å²) in [6.45, 7) is -2.85. The number of carboxylic acid groups (broad SMARTS) is 1. The van der Waals surface area contributed by atoms with Gasteiger partial charge >= 0.3 is 12.1 Å². The Labute approximate surface area is 276 Å². The summed E-state index contributed by atoms with van der Waals surface area (Å²) in [4.78, 5) is 53.5. The molecule has 6 rings (SSSR count). The Kier molecular flexibility index (Phi) is 9.91. The van der Waals surface area contributed by atoms with Crippen molar-refractivity contribution < 1.29 is 46.9 Å². The number of alkyl halides is 3. The lowest BCUT2D eigenvalue weighted by Gasteiger charge is -2.37. The molecular formula is C34H43F3N4O7. The van der Waals surface area contributed by atoms with Crippen LogP contribution in [0.1, 0.15) is 68.3 Å². The third-order valence-corrected chi connectivity index (χ3v) is 11.2. The summed E-state index contributed by atoms with van der Waals surface area (Å²) in [5.41, 5.74) is -1.23. The molecule has 2 saturated carbocycles. The van der Waals surface area contributed by atoms with Gasteiger partial charge in [-0.15, -0.1) is 0 Å². The Hall–Kier alpha value is -3.81. The van der Waals surface area contributed by atoms with E-state index in [0.29, 0.717) is 55.2 Å². The summed E-state index contributed by atoms with van der Waals surface area (Å²) in [6, 6.07) is 4.78. The Morgan fingerprint density at radius 1 is 1.02 bits per heavy atom. The largest absolute Gasteiger partial charge is 0.465 e. The number of nitrogens with zero attached hydrogens (tertiary/aromatic N) is 2. The van der Waals surface area contributed by atoms with E-state index in [1.54, 1.807) is 30.2 Å². The van der Waals surface area contributed by atoms with E-state index in [0.717, 1.165) is 25.7 Å². The number of benzene rings is 1. The first-order valence-corrected chi connectivity index (χ1v) is 16.8. The Balaban J connectivity index is 1.21. The van der Waals surface area contributed by atoms with Crippen LogP contribution in [0.25, 0.3) is 10.9 Å². The maximum atomic E-state index is 14.2. The third-order valence-electron chi connectivity index (χ3n) is 11.2. The van der Waals surface area contributed by atoms with E-state index in [1.807, 2.05) is 0 Å². The molecule has 14 heteroatoms. The number of likely N-dealkylation sites (tertiary alicyclic amines) is 1. The van der Waals surface area contributed by atoms with Gasteiger partial charge in [-0.1, -0.05) is 0 Å². The number of carbonyl (C=O) groups is 4. The lowest BCUT2D eigenvalue weighted by atomic mass is 9.75. The number of carbonyl (C=O) groups excluding carboxylic acids is 3. The fraction of sp³-hybridized carbons (Fsp3) is 0.647. The molecule has 4 aliphatic rings. The molecule has 11 nitrogen and oxygen atoms in total. The highest BCUT2D eigenvalue weighted by atomic mass is 19.1. The highest BCUT2D eigenvalue weighted by Gasteiger charge is 2.49. The van der Waals surface area contributed by atoms with Crippen molar-refractivity contribution in [1.82, 2.24) is 14.8 Å². The zero-order valence-electron chi connectivity index (χ0n) is 27.0. The number of aromatic nitrogens is 1. The maximum absolute atomic E-state index is 14.2. The molecule has 3 N–H and O–H groups in total. The molecule has 3 heterocycles. The number of cyclic esters (lactones) is 1. The van der Waals surface area contributed by atoms with Crippen LogP contribution in [-0.2, 0) is 24.8 Å². The van der Waals surface area contributed by atoms with Crippen molar-refractivity contribution in [2.45, 2.75) is 81.7 Å². The average Bonchev–Trinajstić information content (AvgIpc) is 3.79. The molecule has 2 aliphatic heterocycles. The molecule has 48 heavy (non-hydrogen) atoms. The first kappa shape index (κ1) is 34.1. The standard InChI is InChI=1S/C34H43F3N4O7/c1-47-24-9-6-19(7-10-24)25-12-13-40(31(43)21-4-2-20(3-5-21)26(16-35)39-33(45)46)29(25)30(42)38-23-8-11-27-22(14-23)15-28-32(44)48-34(17-36,18-37)41(27)28/h8,11,14-15,19-21,24-26,29,39H,2-7,9-10,12-13,16-18H2,1H3,(H,38,42)(H,45,46)/t19-,20?,21?,24-,25-,26+,29-/m0/s1. The number of fused-ring (bicyclic) bond motifs is 3. The van der Waals surface area contributed by atoms with Crippen molar-refractivity contribution in [1.29, 1.82) is 0 Å². The van der Waals surface area contributed by atoms with Gasteiger partial charge in [0.25, 0.3) is 0 Å². The van der Waals surface area contributed by atoms with Crippen LogP contribution < -0.4 is 10.6 Å². The number of hydrogen-bond acceptors (Lipinski definition) is 6. The number of methoxy groups -OCH3 is 1. The normalized spacial score (nSPS) is 28.9. The van der Waals surface area contributed by atoms with Gasteiger partial charge in [0.05, 0.1) is 17.7 Å². The second-order valence-electron chi connectivity index (χ2n) is 13.8. The summed E-state index contributed by atoms with van der Waals surface area (Å²) in [7, 11) is 1.70. The SMILES string of the molecule is CO[C@H]1CC[C@H]([C@@H]2CCN(C(=O)C3CCC([C@@H](CF)NC(=O)O)CC3)[C@@H]2C(=O)Nc2ccc3c(c2)cc2n3C(CF)(CF)OC2=O)CC1. The lowest BCUT2D eigenvalue weighted by Crippen LogP contribution is -2.50. The summed E-state index contributed by atoms with van der Waals surface area (Å²) < 4.78 is 53.3. The van der Waals surface area contributed by atoms with Gasteiger partial charge in [-0.05, 0) is 99.8 Å². The second-order valence-corrected chi connectivity index (χ2v) is 13.8. The molecular weight excluding hydrogens is 633 g/mol. The van der Waals surface area contributed by atoms with Crippen LogP contribution in [0, 0.1) is 23.7 Å². The second kappa shape index (κ2) is 14.0. The van der Waals surface area contributed by atoms with Crippen LogP contribution in [0.2, 0.25) is 0 Å². The average molecular weight is 677 g/mol. The van der Waals surface area contributed by atoms with Crippen LogP contribution in [0.4, 0.5) is 23.7 Å². The van der Waals surface area contributed by atoms with Crippen LogP contribution in [-0.4, -0.2) is 90.3 Å². The van der Waals surface area contributed by atoms with E-state index in [2.05, 4.69) is 10.6 Å². The first-order valence-electron chi connectivity index (χ1n) is 16.8. The lowest BCUT2D eigenvalue weighted by molar-refractivity contribution is -0.142. The Morgan fingerprint density at radius 3 is 2.35 bits per heavy atom. The highest BCUT2D eigenvalue weighted by Crippen LogP contribution is 2.42. The van der Waals surface area contributed by atoms with Gasteiger partial charge in [0.15, 0.2) is 13.3 Å². The number of nitrogens with one attached hydrogen (secondary N) is 2. The van der Waals surface area contributed by atoms with Gasteiger partial charge in [-0.2, -0.15) is 0 Å². The summed E-state index contributed by atoms with van der Waals surface area (Å²) in [6.07, 6.45) is 5.05. The molecule has 3 fully saturated rings. The summed E-state index contributed by atoms with van der Waals surface area (Å²) in [5.74, 6) is -1.67. The van der Waals surface area contributed by atoms with Crippen LogP contribution in [0.15, 0.2) is 24.3 Å². The number of rotatable bonds is 10. The highest BCUT2D eigenvalue weighted by molar-refractivity contribution is 6.02. The monoisotopic (exact) mass is 676 g/mol. The van der Waals surface area contributed by atoms with E-state index in [9.17, 15) is 32.3 Å². The van der Waals surface area contributed by atoms with Crippen molar-refractivity contribution in [3.8, 4) is 0 Å². The molecule has 3 amide bonds. The molecule has 2 aromatic rings. The Morgan fingerprint density at radius 2 is 1.73 bits per heavy atom. The van der Waals surface area contributed by atoms with Gasteiger partial charge in [-0.25, -0.2) is 22.8 Å². The minimum absolute atomic E-state index is 0.0226. The molecule has 0 unspecified atom stereocenters. The molecule has 2 aliphatic carbocycles. The fourth-order valence-corrected chi connectivity index (χ4v) is 8.67. The van der Waals surface area contributed by atoms with E-state index in [4.69, 9.17) is 14.6 Å². The van der Waals surface area contributed by atoms with E-state index in [1.165, 1.54) is 10.6 Å². The van der Waals surface area contributed by atoms with E-state index in [-0.39, 0.29) is 47.3 Å². The number of anilines is 1. The fourth-order valence-electron chi connectivity index (χ4n) is 8.67. The zero-order valence-corrected chi connectivity index (χ0v) is 27.0. The van der Waals surface area contributed by atoms with Crippen molar-refractivity contribution in [3.05, 3.63) is 30.0 Å². The topological polar surface area (TPSA) is 139 Å². The van der Waals surface area contributed by atoms with Gasteiger partial charge in [0.2, 0.25) is 17.5 Å². The summed E-state index contributed by atoms with van der Waals surface area (Å²) in [5, 5.41) is 14.8. The first-order chi connectivity index (χ1) is 23.1. The van der Waals surface area contributed by atoms with Gasteiger partial charge < -0.3 is 30.1 Å². The molecule has 0 spiro atoms. The van der Waals surface area contributed by atoms with Crippen LogP contribution >= 0.6 is 0 Å². The minimum Gasteiger partial charge on any atom is -0.465 e. The van der Waals surface area contributed by atoms with Crippen molar-refractivity contribution in [3.63, 3.8) is 0 Å². The molecule has 0 radical (unpaired) electrons. The molecule has 1 aromatic carbocycles. The van der Waals surface area contributed by atoms with Crippen molar-refractivity contribution in [2.24, 2.45) is 23.7 Å². The van der Waals surface area contributed by atoms with Crippen LogP contribution in [0.3, 0.4) is 0 Å². The molecule has 1 saturated heterocycles. The van der Waals surface area contributed by atoms with Gasteiger partial charge in [0, 0.05) is 30.6 Å². The van der Waals surface area contributed by atoms with E-state index < -0.39 is 49.9 Å². The number of amides is 3. The zero-order chi connectivity index (χ0) is 34.2. The number of ether oxygens (including phenoxy) is 2. The van der Waals surface area contributed by atoms with Gasteiger partial charge in [-0.3, -0.25) is 14.2 Å². The number of esters is 1. The van der Waals surface area contributed by atoms with Crippen molar-refractivity contribution in [2.75, 3.05) is 39.0 Å². The smallest absolute Gasteiger partial charge is 0.404 e. The molecule has 262 valence electrons. The van der Waals surface area contributed by atoms with Crippen LogP contribution in [0.5, 0.6) is 0 Å². The molecule has 1 aromatic heterocycles. The quantitative estimate of drug-likeness (QED) is 0.295. The Bertz CT molecular complexity index is 1530. The minimum atomic E-state index is -2.06. The maximum Gasteiger partial charge on any atom is 0.404 e. The number of hydrogen-bond donors (Lipinski definition) is 3.